The zero-order chi connectivity index (χ0) is 17.8. The van der Waals surface area contributed by atoms with Gasteiger partial charge < -0.3 is 10.2 Å². The average Bonchev–Trinajstić information content (AvgIpc) is 3.06. The first-order valence-corrected chi connectivity index (χ1v) is 8.42. The third-order valence-corrected chi connectivity index (χ3v) is 4.32. The summed E-state index contributed by atoms with van der Waals surface area (Å²) in [7, 11) is 1.79. The Kier molecular flexibility index (Phi) is 5.09. The molecule has 2 aromatic rings. The average molecular weight is 338 g/mol. The van der Waals surface area contributed by atoms with Crippen LogP contribution in [0, 0.1) is 0 Å². The molecule has 130 valence electrons. The number of nitrogens with zero attached hydrogens (tertiary/aromatic N) is 2. The number of carbonyl (C=O) groups is 2. The second-order valence-electron chi connectivity index (χ2n) is 6.18. The number of carbonyl (C=O) groups excluding carboxylic acids is 2. The molecule has 6 heteroatoms. The summed E-state index contributed by atoms with van der Waals surface area (Å²) in [6.45, 7) is 3.39. The van der Waals surface area contributed by atoms with E-state index in [2.05, 4.69) is 15.6 Å². The van der Waals surface area contributed by atoms with Gasteiger partial charge in [0.05, 0.1) is 0 Å². The predicted molar refractivity (Wildman–Crippen MR) is 96.1 cm³/mol. The second-order valence-corrected chi connectivity index (χ2v) is 6.18. The molecule has 1 aromatic heterocycles. The molecule has 0 spiro atoms. The Balaban J connectivity index is 1.66. The normalized spacial score (nSPS) is 15.5. The lowest BCUT2D eigenvalue weighted by Crippen LogP contribution is -2.28. The van der Waals surface area contributed by atoms with Crippen molar-refractivity contribution in [3.05, 3.63) is 59.4 Å². The summed E-state index contributed by atoms with van der Waals surface area (Å²) in [5.74, 6) is -0.134. The van der Waals surface area contributed by atoms with Crippen LogP contribution < -0.4 is 10.6 Å². The molecular weight excluding hydrogens is 316 g/mol. The molecule has 0 saturated carbocycles. The van der Waals surface area contributed by atoms with Gasteiger partial charge in [0.1, 0.15) is 6.04 Å². The molecule has 2 heterocycles. The number of nitrogens with one attached hydrogen (secondary N) is 2. The van der Waals surface area contributed by atoms with E-state index in [0.29, 0.717) is 17.8 Å². The van der Waals surface area contributed by atoms with Crippen molar-refractivity contribution >= 4 is 17.5 Å². The highest BCUT2D eigenvalue weighted by atomic mass is 16.2. The van der Waals surface area contributed by atoms with E-state index >= 15 is 0 Å². The largest absolute Gasteiger partial charge is 0.342 e. The van der Waals surface area contributed by atoms with Crippen LogP contribution in [-0.4, -0.2) is 35.3 Å². The third kappa shape index (κ3) is 3.69. The summed E-state index contributed by atoms with van der Waals surface area (Å²) in [6, 6.07) is 8.48. The maximum Gasteiger partial charge on any atom is 0.253 e. The molecule has 0 bridgehead atoms. The lowest BCUT2D eigenvalue weighted by Gasteiger charge is -2.16. The molecule has 0 saturated heterocycles. The lowest BCUT2D eigenvalue weighted by atomic mass is 10.1. The number of hydrogen-bond donors (Lipinski definition) is 2. The molecule has 25 heavy (non-hydrogen) atoms. The lowest BCUT2D eigenvalue weighted by molar-refractivity contribution is -0.118. The molecule has 6 nitrogen and oxygen atoms in total. The second kappa shape index (κ2) is 7.44. The quantitative estimate of drug-likeness (QED) is 0.878. The molecule has 0 fully saturated rings. The van der Waals surface area contributed by atoms with Crippen molar-refractivity contribution < 1.29 is 9.59 Å². The van der Waals surface area contributed by atoms with E-state index < -0.39 is 0 Å². The molecule has 1 aliphatic rings. The van der Waals surface area contributed by atoms with E-state index in [4.69, 9.17) is 0 Å². The first-order chi connectivity index (χ1) is 12.1. The maximum absolute atomic E-state index is 12.5. The predicted octanol–water partition coefficient (Wildman–Crippen LogP) is 2.35. The van der Waals surface area contributed by atoms with Crippen molar-refractivity contribution in [2.45, 2.75) is 25.9 Å². The van der Waals surface area contributed by atoms with Crippen LogP contribution in [0.4, 0.5) is 5.69 Å². The summed E-state index contributed by atoms with van der Waals surface area (Å²) in [5.41, 5.74) is 3.29. The maximum atomic E-state index is 12.5. The number of aromatic nitrogens is 1. The highest BCUT2D eigenvalue weighted by molar-refractivity contribution is 5.97. The number of fused-ring (bicyclic) bond motifs is 1. The summed E-state index contributed by atoms with van der Waals surface area (Å²) in [6.07, 6.45) is 4.39. The number of benzene rings is 1. The fraction of sp³-hybridized carbons (Fsp3) is 0.316. The van der Waals surface area contributed by atoms with Gasteiger partial charge in [-0.1, -0.05) is 6.92 Å². The Morgan fingerprint density at radius 2 is 2.04 bits per heavy atom. The van der Waals surface area contributed by atoms with Gasteiger partial charge in [-0.05, 0) is 47.9 Å². The monoisotopic (exact) mass is 338 g/mol. The smallest absolute Gasteiger partial charge is 0.253 e. The van der Waals surface area contributed by atoms with Crippen LogP contribution in [0.5, 0.6) is 0 Å². The Morgan fingerprint density at radius 1 is 1.28 bits per heavy atom. The van der Waals surface area contributed by atoms with Crippen LogP contribution >= 0.6 is 0 Å². The standard InChI is InChI=1S/C19H22N4O2/c1-3-10-23(2)19(25)13-4-6-15(7-5-13)22-18(24)17-16-8-9-20-11-14(16)12-21-17/h4-9,11,17,21H,3,10,12H2,1-2H3,(H,22,24). The van der Waals surface area contributed by atoms with Crippen molar-refractivity contribution in [3.8, 4) is 0 Å². The molecule has 2 amide bonds. The Labute approximate surface area is 147 Å². The van der Waals surface area contributed by atoms with E-state index in [-0.39, 0.29) is 17.9 Å². The Hall–Kier alpha value is -2.73. The van der Waals surface area contributed by atoms with Gasteiger partial charge in [-0.25, -0.2) is 0 Å². The highest BCUT2D eigenvalue weighted by Gasteiger charge is 2.28. The van der Waals surface area contributed by atoms with E-state index in [0.717, 1.165) is 24.1 Å². The number of hydrogen-bond acceptors (Lipinski definition) is 4. The van der Waals surface area contributed by atoms with Gasteiger partial charge in [0.15, 0.2) is 0 Å². The zero-order valence-electron chi connectivity index (χ0n) is 14.5. The molecule has 1 unspecified atom stereocenters. The number of rotatable bonds is 5. The molecular formula is C19H22N4O2. The van der Waals surface area contributed by atoms with E-state index in [1.165, 1.54) is 0 Å². The van der Waals surface area contributed by atoms with Gasteiger partial charge >= 0.3 is 0 Å². The summed E-state index contributed by atoms with van der Waals surface area (Å²) < 4.78 is 0. The van der Waals surface area contributed by atoms with Gasteiger partial charge in [-0.15, -0.1) is 0 Å². The Morgan fingerprint density at radius 3 is 2.76 bits per heavy atom. The van der Waals surface area contributed by atoms with Gasteiger partial charge in [-0.2, -0.15) is 0 Å². The number of amides is 2. The van der Waals surface area contributed by atoms with Crippen molar-refractivity contribution in [1.82, 2.24) is 15.2 Å². The minimum Gasteiger partial charge on any atom is -0.342 e. The molecule has 1 aliphatic heterocycles. The van der Waals surface area contributed by atoms with E-state index in [1.807, 2.05) is 13.0 Å². The molecule has 2 N–H and O–H groups in total. The van der Waals surface area contributed by atoms with E-state index in [9.17, 15) is 9.59 Å². The SMILES string of the molecule is CCCN(C)C(=O)c1ccc(NC(=O)C2NCc3cnccc32)cc1. The number of anilines is 1. The third-order valence-electron chi connectivity index (χ3n) is 4.32. The Bertz CT molecular complexity index is 773. The first kappa shape index (κ1) is 17.1. The van der Waals surface area contributed by atoms with Crippen molar-refractivity contribution in [3.63, 3.8) is 0 Å². The van der Waals surface area contributed by atoms with Gasteiger partial charge in [0, 0.05) is 43.8 Å². The van der Waals surface area contributed by atoms with Gasteiger partial charge in [0.25, 0.3) is 5.91 Å². The highest BCUT2D eigenvalue weighted by Crippen LogP contribution is 2.25. The van der Waals surface area contributed by atoms with Crippen LogP contribution in [0.2, 0.25) is 0 Å². The summed E-state index contributed by atoms with van der Waals surface area (Å²) >= 11 is 0. The van der Waals surface area contributed by atoms with E-state index in [1.54, 1.807) is 48.6 Å². The molecule has 0 aliphatic carbocycles. The fourth-order valence-corrected chi connectivity index (χ4v) is 2.99. The molecule has 1 aromatic carbocycles. The first-order valence-electron chi connectivity index (χ1n) is 8.42. The zero-order valence-corrected chi connectivity index (χ0v) is 14.5. The van der Waals surface area contributed by atoms with Crippen LogP contribution in [0.1, 0.15) is 40.9 Å². The minimum atomic E-state index is -0.380. The van der Waals surface area contributed by atoms with Crippen molar-refractivity contribution in [1.29, 1.82) is 0 Å². The molecule has 0 radical (unpaired) electrons. The van der Waals surface area contributed by atoms with Crippen LogP contribution in [0.3, 0.4) is 0 Å². The van der Waals surface area contributed by atoms with Gasteiger partial charge in [-0.3, -0.25) is 19.9 Å². The topological polar surface area (TPSA) is 74.3 Å². The number of pyridine rings is 1. The minimum absolute atomic E-state index is 0.0152. The van der Waals surface area contributed by atoms with Crippen LogP contribution in [0.15, 0.2) is 42.7 Å². The van der Waals surface area contributed by atoms with Crippen molar-refractivity contribution in [2.24, 2.45) is 0 Å². The summed E-state index contributed by atoms with van der Waals surface area (Å²) in [5, 5.41) is 6.09. The van der Waals surface area contributed by atoms with Gasteiger partial charge in [0.2, 0.25) is 5.91 Å². The van der Waals surface area contributed by atoms with Crippen molar-refractivity contribution in [2.75, 3.05) is 18.9 Å². The fourth-order valence-electron chi connectivity index (χ4n) is 2.99. The summed E-state index contributed by atoms with van der Waals surface area (Å²) in [4.78, 5) is 30.5. The van der Waals surface area contributed by atoms with Crippen LogP contribution in [-0.2, 0) is 11.3 Å². The van der Waals surface area contributed by atoms with Crippen LogP contribution in [0.25, 0.3) is 0 Å². The molecule has 3 rings (SSSR count). The molecule has 1 atom stereocenters.